The van der Waals surface area contributed by atoms with Crippen molar-refractivity contribution < 1.29 is 52.2 Å². The Morgan fingerprint density at radius 3 is 1.08 bits per heavy atom. The zero-order valence-corrected chi connectivity index (χ0v) is 49.0. The summed E-state index contributed by atoms with van der Waals surface area (Å²) in [5.41, 5.74) is 0. The molecule has 74 heavy (non-hydrogen) atoms. The molecule has 0 aromatic heterocycles. The Labute approximate surface area is 454 Å². The minimum Gasteiger partial charge on any atom is -0.462 e. The van der Waals surface area contributed by atoms with E-state index in [1.54, 1.807) is 0 Å². The molecule has 0 heterocycles. The Kier molecular flexibility index (Phi) is 55.1. The van der Waals surface area contributed by atoms with Gasteiger partial charge in [-0.15, -0.1) is 0 Å². The number of carbonyl (C=O) groups is 3. The van der Waals surface area contributed by atoms with Crippen LogP contribution in [0.3, 0.4) is 0 Å². The topological polar surface area (TPSA) is 155 Å². The standard InChI is InChI=1S/C62H115O11P/c1-4-7-10-13-16-19-22-24-26-28-29-31-33-35-38-41-44-47-50-53-62(66)73-59(55-69-60(64)51-48-45-42-39-37-34-32-30-27-25-23-20-17-14-11-8-5-2)57-71-74(67,68)70-56-58(54-63)72-61(65)52-49-46-43-40-36-21-18-15-12-9-6-3/h8,11,17,20,25,27,58-59,63H,4-7,9-10,12-16,18-19,21-24,26,28-57H2,1-3H3,(H,67,68)/b11-8-,20-17-,27-25-. The zero-order valence-electron chi connectivity index (χ0n) is 48.1. The summed E-state index contributed by atoms with van der Waals surface area (Å²) in [6.45, 7) is 4.57. The highest BCUT2D eigenvalue weighted by molar-refractivity contribution is 7.47. The molecule has 0 aromatic rings. The number of phosphoric ester groups is 1. The first-order chi connectivity index (χ1) is 36.2. The van der Waals surface area contributed by atoms with Crippen molar-refractivity contribution in [1.29, 1.82) is 0 Å². The largest absolute Gasteiger partial charge is 0.472 e. The van der Waals surface area contributed by atoms with Crippen LogP contribution in [0, 0.1) is 0 Å². The molecule has 0 saturated carbocycles. The highest BCUT2D eigenvalue weighted by atomic mass is 31.2. The van der Waals surface area contributed by atoms with Gasteiger partial charge in [0.15, 0.2) is 6.10 Å². The predicted molar refractivity (Wildman–Crippen MR) is 307 cm³/mol. The molecule has 0 saturated heterocycles. The van der Waals surface area contributed by atoms with E-state index in [0.29, 0.717) is 19.3 Å². The van der Waals surface area contributed by atoms with Crippen LogP contribution in [0.15, 0.2) is 36.5 Å². The zero-order chi connectivity index (χ0) is 54.1. The highest BCUT2D eigenvalue weighted by Crippen LogP contribution is 2.43. The second-order valence-electron chi connectivity index (χ2n) is 20.9. The Bertz CT molecular complexity index is 1380. The van der Waals surface area contributed by atoms with Gasteiger partial charge in [-0.2, -0.15) is 0 Å². The molecule has 11 nitrogen and oxygen atoms in total. The van der Waals surface area contributed by atoms with Gasteiger partial charge in [0.05, 0.1) is 19.8 Å². The average molecular weight is 1070 g/mol. The number of phosphoric acid groups is 1. The lowest BCUT2D eigenvalue weighted by Crippen LogP contribution is -2.30. The van der Waals surface area contributed by atoms with Crippen molar-refractivity contribution in [2.45, 2.75) is 315 Å². The molecule has 0 fully saturated rings. The van der Waals surface area contributed by atoms with Crippen LogP contribution >= 0.6 is 7.82 Å². The van der Waals surface area contributed by atoms with E-state index in [1.807, 2.05) is 0 Å². The van der Waals surface area contributed by atoms with Crippen molar-refractivity contribution >= 4 is 25.7 Å². The van der Waals surface area contributed by atoms with Crippen LogP contribution in [-0.2, 0) is 42.2 Å². The van der Waals surface area contributed by atoms with Crippen molar-refractivity contribution in [3.63, 3.8) is 0 Å². The number of aliphatic hydroxyl groups excluding tert-OH is 1. The summed E-state index contributed by atoms with van der Waals surface area (Å²) in [5.74, 6) is -1.45. The van der Waals surface area contributed by atoms with E-state index in [1.165, 1.54) is 154 Å². The maximum Gasteiger partial charge on any atom is 0.472 e. The molecule has 0 bridgehead atoms. The van der Waals surface area contributed by atoms with E-state index in [9.17, 15) is 28.9 Å². The monoisotopic (exact) mass is 1070 g/mol. The lowest BCUT2D eigenvalue weighted by molar-refractivity contribution is -0.161. The summed E-state index contributed by atoms with van der Waals surface area (Å²) in [7, 11) is -4.74. The first-order valence-corrected chi connectivity index (χ1v) is 32.4. The second kappa shape index (κ2) is 56.9. The number of esters is 3. The molecule has 0 aliphatic heterocycles. The summed E-state index contributed by atoms with van der Waals surface area (Å²) < 4.78 is 39.6. The molecule has 3 atom stereocenters. The number of ether oxygens (including phenoxy) is 3. The molecule has 12 heteroatoms. The van der Waals surface area contributed by atoms with Crippen molar-refractivity contribution in [2.24, 2.45) is 0 Å². The van der Waals surface area contributed by atoms with Crippen molar-refractivity contribution in [2.75, 3.05) is 26.4 Å². The molecular weight excluding hydrogens is 952 g/mol. The summed E-state index contributed by atoms with van der Waals surface area (Å²) in [6.07, 6.45) is 59.6. The summed E-state index contributed by atoms with van der Waals surface area (Å²) in [6, 6.07) is 0. The van der Waals surface area contributed by atoms with Gasteiger partial charge < -0.3 is 24.2 Å². The first kappa shape index (κ1) is 71.7. The van der Waals surface area contributed by atoms with Gasteiger partial charge >= 0.3 is 25.7 Å². The van der Waals surface area contributed by atoms with Crippen molar-refractivity contribution in [1.82, 2.24) is 0 Å². The van der Waals surface area contributed by atoms with E-state index < -0.39 is 57.8 Å². The van der Waals surface area contributed by atoms with Crippen LogP contribution in [-0.4, -0.2) is 66.5 Å². The number of aliphatic hydroxyl groups is 1. The average Bonchev–Trinajstić information content (AvgIpc) is 3.39. The van der Waals surface area contributed by atoms with E-state index in [4.69, 9.17) is 23.3 Å². The fraction of sp³-hybridized carbons (Fsp3) is 0.855. The van der Waals surface area contributed by atoms with Crippen LogP contribution < -0.4 is 0 Å². The Morgan fingerprint density at radius 1 is 0.392 bits per heavy atom. The maximum atomic E-state index is 12.9. The van der Waals surface area contributed by atoms with Crippen LogP contribution in [0.5, 0.6) is 0 Å². The number of hydrogen-bond donors (Lipinski definition) is 2. The number of hydrogen-bond acceptors (Lipinski definition) is 10. The molecule has 0 spiro atoms. The summed E-state index contributed by atoms with van der Waals surface area (Å²) in [5, 5.41) is 9.81. The normalized spacial score (nSPS) is 13.5. The van der Waals surface area contributed by atoms with Crippen LogP contribution in [0.25, 0.3) is 0 Å². The number of carbonyl (C=O) groups excluding carboxylic acids is 3. The van der Waals surface area contributed by atoms with E-state index >= 15 is 0 Å². The van der Waals surface area contributed by atoms with E-state index in [-0.39, 0.29) is 25.9 Å². The van der Waals surface area contributed by atoms with Crippen LogP contribution in [0.1, 0.15) is 303 Å². The van der Waals surface area contributed by atoms with Crippen molar-refractivity contribution in [3.8, 4) is 0 Å². The van der Waals surface area contributed by atoms with Gasteiger partial charge in [0, 0.05) is 19.3 Å². The smallest absolute Gasteiger partial charge is 0.462 e. The summed E-state index contributed by atoms with van der Waals surface area (Å²) >= 11 is 0. The number of unbranched alkanes of at least 4 members (excludes halogenated alkanes) is 35. The molecule has 3 unspecified atom stereocenters. The first-order valence-electron chi connectivity index (χ1n) is 30.9. The molecule has 0 aromatic carbocycles. The van der Waals surface area contributed by atoms with E-state index in [2.05, 4.69) is 57.2 Å². The molecular formula is C62H115O11P. The third kappa shape index (κ3) is 54.5. The van der Waals surface area contributed by atoms with E-state index in [0.717, 1.165) is 89.9 Å². The summed E-state index contributed by atoms with van der Waals surface area (Å²) in [4.78, 5) is 48.6. The maximum absolute atomic E-state index is 12.9. The minimum absolute atomic E-state index is 0.172. The third-order valence-corrected chi connectivity index (χ3v) is 14.5. The quantitative estimate of drug-likeness (QED) is 0.0197. The van der Waals surface area contributed by atoms with Gasteiger partial charge in [0.1, 0.15) is 12.7 Å². The van der Waals surface area contributed by atoms with Gasteiger partial charge in [0.2, 0.25) is 0 Å². The number of allylic oxidation sites excluding steroid dienone is 6. The van der Waals surface area contributed by atoms with Gasteiger partial charge in [0.25, 0.3) is 0 Å². The van der Waals surface area contributed by atoms with Gasteiger partial charge in [-0.1, -0.05) is 269 Å². The van der Waals surface area contributed by atoms with Crippen LogP contribution in [0.2, 0.25) is 0 Å². The van der Waals surface area contributed by atoms with Gasteiger partial charge in [-0.05, 0) is 51.4 Å². The molecule has 434 valence electrons. The lowest BCUT2D eigenvalue weighted by Gasteiger charge is -2.21. The molecule has 0 amide bonds. The minimum atomic E-state index is -4.74. The fourth-order valence-corrected chi connectivity index (χ4v) is 9.69. The molecule has 0 radical (unpaired) electrons. The SMILES string of the molecule is CC/C=C\C/C=C\C/C=C\CCCCCCCCCC(=O)OCC(COP(=O)(O)OCC(CO)OC(=O)CCCCCCCCCCCCC)OC(=O)CCCCCCCCCCCCCCCCCCCCC. The fourth-order valence-electron chi connectivity index (χ4n) is 8.90. The van der Waals surface area contributed by atoms with Crippen LogP contribution in [0.4, 0.5) is 0 Å². The Balaban J connectivity index is 4.67. The predicted octanol–water partition coefficient (Wildman–Crippen LogP) is 18.4. The van der Waals surface area contributed by atoms with Gasteiger partial charge in [-0.3, -0.25) is 23.4 Å². The van der Waals surface area contributed by atoms with Gasteiger partial charge in [-0.25, -0.2) is 4.57 Å². The molecule has 0 rings (SSSR count). The van der Waals surface area contributed by atoms with Crippen molar-refractivity contribution in [3.05, 3.63) is 36.5 Å². The molecule has 0 aliphatic carbocycles. The molecule has 0 aliphatic rings. The molecule has 2 N–H and O–H groups in total. The highest BCUT2D eigenvalue weighted by Gasteiger charge is 2.28. The second-order valence-corrected chi connectivity index (χ2v) is 22.3. The Morgan fingerprint density at radius 2 is 0.703 bits per heavy atom. The third-order valence-electron chi connectivity index (χ3n) is 13.6. The Hall–Kier alpha value is -2.30. The number of rotatable bonds is 58. The lowest BCUT2D eigenvalue weighted by atomic mass is 10.0.